The van der Waals surface area contributed by atoms with Crippen molar-refractivity contribution in [1.29, 1.82) is 0 Å². The first-order valence-electron chi connectivity index (χ1n) is 10.6. The molecule has 2 aromatic carbocycles. The van der Waals surface area contributed by atoms with Gasteiger partial charge in [-0.2, -0.15) is 0 Å². The van der Waals surface area contributed by atoms with Crippen LogP contribution >= 0.6 is 0 Å². The molecule has 31 heavy (non-hydrogen) atoms. The Kier molecular flexibility index (Phi) is 6.48. The van der Waals surface area contributed by atoms with Crippen molar-refractivity contribution in [2.45, 2.75) is 65.6 Å². The number of carbonyl (C=O) groups excluding carboxylic acids is 1. The summed E-state index contributed by atoms with van der Waals surface area (Å²) in [5.74, 6) is -0.204. The predicted molar refractivity (Wildman–Crippen MR) is 123 cm³/mol. The van der Waals surface area contributed by atoms with Crippen LogP contribution in [-0.2, 0) is 14.8 Å². The second-order valence-corrected chi connectivity index (χ2v) is 10.2. The molecule has 168 valence electrons. The number of anilines is 1. The van der Waals surface area contributed by atoms with Crippen LogP contribution in [0.3, 0.4) is 0 Å². The van der Waals surface area contributed by atoms with E-state index in [0.29, 0.717) is 18.7 Å². The first-order chi connectivity index (χ1) is 14.4. The third kappa shape index (κ3) is 4.48. The van der Waals surface area contributed by atoms with Crippen LogP contribution in [0.4, 0.5) is 5.69 Å². The summed E-state index contributed by atoms with van der Waals surface area (Å²) in [5.41, 5.74) is 5.10. The first-order valence-corrected chi connectivity index (χ1v) is 12.1. The average Bonchev–Trinajstić information content (AvgIpc) is 2.69. The summed E-state index contributed by atoms with van der Waals surface area (Å²) in [6.45, 7) is 14.3. The van der Waals surface area contributed by atoms with Gasteiger partial charge in [0.1, 0.15) is 0 Å². The Morgan fingerprint density at radius 2 is 1.39 bits per heavy atom. The molecule has 1 aliphatic heterocycles. The number of hydrogen-bond donors (Lipinski definition) is 1. The first kappa shape index (κ1) is 23.3. The van der Waals surface area contributed by atoms with Gasteiger partial charge in [0, 0.05) is 13.1 Å². The molecule has 0 unspecified atom stereocenters. The summed E-state index contributed by atoms with van der Waals surface area (Å²) in [6.07, 6.45) is -0.138. The number of sulfonamides is 1. The normalized spacial score (nSPS) is 19.4. The summed E-state index contributed by atoms with van der Waals surface area (Å²) < 4.78 is 35.3. The fourth-order valence-corrected chi connectivity index (χ4v) is 6.02. The van der Waals surface area contributed by atoms with Gasteiger partial charge < -0.3 is 9.64 Å². The largest absolute Gasteiger partial charge is 0.372 e. The van der Waals surface area contributed by atoms with Crippen molar-refractivity contribution in [1.82, 2.24) is 4.90 Å². The highest BCUT2D eigenvalue weighted by Gasteiger charge is 2.29. The molecule has 0 bridgehead atoms. The van der Waals surface area contributed by atoms with Gasteiger partial charge in [0.15, 0.2) is 0 Å². The van der Waals surface area contributed by atoms with Crippen molar-refractivity contribution in [3.8, 4) is 0 Å². The molecule has 0 radical (unpaired) electrons. The third-order valence-corrected chi connectivity index (χ3v) is 7.95. The second kappa shape index (κ2) is 8.63. The Labute approximate surface area is 185 Å². The highest BCUT2D eigenvalue weighted by molar-refractivity contribution is 7.92. The summed E-state index contributed by atoms with van der Waals surface area (Å²) in [4.78, 5) is 15.3. The molecule has 6 nitrogen and oxygen atoms in total. The molecule has 1 N–H and O–H groups in total. The van der Waals surface area contributed by atoms with Crippen LogP contribution in [0.1, 0.15) is 52.0 Å². The number of morpholine rings is 1. The van der Waals surface area contributed by atoms with E-state index in [4.69, 9.17) is 4.74 Å². The van der Waals surface area contributed by atoms with Gasteiger partial charge in [0.25, 0.3) is 15.9 Å². The van der Waals surface area contributed by atoms with E-state index in [2.05, 4.69) is 4.72 Å². The molecule has 0 aromatic heterocycles. The van der Waals surface area contributed by atoms with Gasteiger partial charge in [-0.3, -0.25) is 9.52 Å². The molecule has 1 fully saturated rings. The van der Waals surface area contributed by atoms with E-state index in [-0.39, 0.29) is 28.7 Å². The van der Waals surface area contributed by atoms with Crippen molar-refractivity contribution >= 4 is 21.6 Å². The van der Waals surface area contributed by atoms with E-state index in [1.54, 1.807) is 29.2 Å². The summed E-state index contributed by atoms with van der Waals surface area (Å²) >= 11 is 0. The van der Waals surface area contributed by atoms with Crippen LogP contribution in [0.15, 0.2) is 29.2 Å². The van der Waals surface area contributed by atoms with Crippen LogP contribution in [0.2, 0.25) is 0 Å². The number of nitrogens with one attached hydrogen (secondary N) is 1. The average molecular weight is 445 g/mol. The zero-order valence-corrected chi connectivity index (χ0v) is 20.2. The topological polar surface area (TPSA) is 75.7 Å². The van der Waals surface area contributed by atoms with Crippen LogP contribution in [0, 0.1) is 34.6 Å². The minimum absolute atomic E-state index is 0.0691. The standard InChI is InChI=1S/C24H32N2O4S/c1-14-12-26(13-15(2)30-14)24(27)21-10-8-9-11-22(21)25-31(28,29)23-19(6)17(4)16(3)18(5)20(23)7/h8-11,14-15,25H,12-13H2,1-7H3/t14-,15-/m0/s1. The molecular weight excluding hydrogens is 412 g/mol. The molecule has 2 aromatic rings. The fourth-order valence-electron chi connectivity index (χ4n) is 4.34. The molecule has 0 aliphatic carbocycles. The van der Waals surface area contributed by atoms with Crippen molar-refractivity contribution in [2.24, 2.45) is 0 Å². The maximum absolute atomic E-state index is 13.5. The Hall–Kier alpha value is -2.38. The van der Waals surface area contributed by atoms with E-state index in [0.717, 1.165) is 27.8 Å². The van der Waals surface area contributed by atoms with Crippen LogP contribution in [-0.4, -0.2) is 44.5 Å². The highest BCUT2D eigenvalue weighted by atomic mass is 32.2. The number of benzene rings is 2. The smallest absolute Gasteiger partial charge is 0.262 e. The SMILES string of the molecule is Cc1c(C)c(C)c(S(=O)(=O)Nc2ccccc2C(=O)N2C[C@H](C)O[C@@H](C)C2)c(C)c1C. The predicted octanol–water partition coefficient (Wildman–Crippen LogP) is 4.28. The highest BCUT2D eigenvalue weighted by Crippen LogP contribution is 2.31. The van der Waals surface area contributed by atoms with Gasteiger partial charge >= 0.3 is 0 Å². The van der Waals surface area contributed by atoms with Crippen molar-refractivity contribution in [3.05, 3.63) is 57.6 Å². The fraction of sp³-hybridized carbons (Fsp3) is 0.458. The van der Waals surface area contributed by atoms with E-state index in [9.17, 15) is 13.2 Å². The summed E-state index contributed by atoms with van der Waals surface area (Å²) in [5, 5.41) is 0. The maximum atomic E-state index is 13.5. The minimum atomic E-state index is -3.89. The molecule has 7 heteroatoms. The van der Waals surface area contributed by atoms with E-state index in [1.807, 2.05) is 48.5 Å². The Bertz CT molecular complexity index is 1090. The zero-order chi connectivity index (χ0) is 23.1. The number of ether oxygens (including phenoxy) is 1. The van der Waals surface area contributed by atoms with Crippen LogP contribution in [0.5, 0.6) is 0 Å². The van der Waals surface area contributed by atoms with Gasteiger partial charge in [-0.1, -0.05) is 12.1 Å². The van der Waals surface area contributed by atoms with Crippen molar-refractivity contribution < 1.29 is 17.9 Å². The number of rotatable bonds is 4. The molecule has 1 heterocycles. The molecule has 3 rings (SSSR count). The Morgan fingerprint density at radius 3 is 1.94 bits per heavy atom. The lowest BCUT2D eigenvalue weighted by atomic mass is 9.95. The van der Waals surface area contributed by atoms with Crippen LogP contribution in [0.25, 0.3) is 0 Å². The number of para-hydroxylation sites is 1. The molecule has 2 atom stereocenters. The number of nitrogens with zero attached hydrogens (tertiary/aromatic N) is 1. The maximum Gasteiger partial charge on any atom is 0.262 e. The van der Waals surface area contributed by atoms with Gasteiger partial charge in [-0.25, -0.2) is 8.42 Å². The second-order valence-electron chi connectivity index (χ2n) is 8.57. The zero-order valence-electron chi connectivity index (χ0n) is 19.4. The molecule has 1 aliphatic rings. The monoisotopic (exact) mass is 444 g/mol. The van der Waals surface area contributed by atoms with Crippen LogP contribution < -0.4 is 4.72 Å². The minimum Gasteiger partial charge on any atom is -0.372 e. The third-order valence-electron chi connectivity index (χ3n) is 6.31. The number of carbonyl (C=O) groups is 1. The molecule has 1 amide bonds. The number of amides is 1. The molecular formula is C24H32N2O4S. The lowest BCUT2D eigenvalue weighted by Gasteiger charge is -2.35. The van der Waals surface area contributed by atoms with E-state index >= 15 is 0 Å². The van der Waals surface area contributed by atoms with Crippen molar-refractivity contribution in [3.63, 3.8) is 0 Å². The van der Waals surface area contributed by atoms with Gasteiger partial charge in [-0.05, 0) is 88.4 Å². The number of hydrogen-bond acceptors (Lipinski definition) is 4. The lowest BCUT2D eigenvalue weighted by Crippen LogP contribution is -2.48. The Balaban J connectivity index is 2.01. The molecule has 0 spiro atoms. The summed E-state index contributed by atoms with van der Waals surface area (Å²) in [7, 11) is -3.89. The van der Waals surface area contributed by atoms with Crippen molar-refractivity contribution in [2.75, 3.05) is 17.8 Å². The Morgan fingerprint density at radius 1 is 0.903 bits per heavy atom. The van der Waals surface area contributed by atoms with Gasteiger partial charge in [-0.15, -0.1) is 0 Å². The summed E-state index contributed by atoms with van der Waals surface area (Å²) in [6, 6.07) is 6.77. The van der Waals surface area contributed by atoms with E-state index in [1.165, 1.54) is 0 Å². The molecule has 0 saturated carbocycles. The van der Waals surface area contributed by atoms with Gasteiger partial charge in [0.05, 0.1) is 28.4 Å². The quantitative estimate of drug-likeness (QED) is 0.764. The van der Waals surface area contributed by atoms with Gasteiger partial charge in [0.2, 0.25) is 0 Å². The van der Waals surface area contributed by atoms with E-state index < -0.39 is 10.0 Å². The lowest BCUT2D eigenvalue weighted by molar-refractivity contribution is -0.0585. The molecule has 1 saturated heterocycles.